The van der Waals surface area contributed by atoms with Crippen LogP contribution in [0.4, 0.5) is 0 Å². The zero-order chi connectivity index (χ0) is 9.40. The van der Waals surface area contributed by atoms with Crippen molar-refractivity contribution in [1.29, 1.82) is 0 Å². The number of hydrogen-bond acceptors (Lipinski definition) is 4. The van der Waals surface area contributed by atoms with Crippen molar-refractivity contribution in [2.45, 2.75) is 25.9 Å². The van der Waals surface area contributed by atoms with E-state index in [9.17, 15) is 4.79 Å². The lowest BCUT2D eigenvalue weighted by Gasteiger charge is -2.08. The van der Waals surface area contributed by atoms with E-state index in [-0.39, 0.29) is 18.7 Å². The smallest absolute Gasteiger partial charge is 0.305 e. The third kappa shape index (κ3) is 6.12. The van der Waals surface area contributed by atoms with Gasteiger partial charge in [-0.05, 0) is 13.3 Å². The largest absolute Gasteiger partial charge is 0.469 e. The number of aliphatic hydroxyl groups is 1. The van der Waals surface area contributed by atoms with Gasteiger partial charge in [-0.15, -0.1) is 0 Å². The van der Waals surface area contributed by atoms with E-state index in [4.69, 9.17) is 9.84 Å². The summed E-state index contributed by atoms with van der Waals surface area (Å²) in [6, 6.07) is 0. The van der Waals surface area contributed by atoms with Gasteiger partial charge in [-0.25, -0.2) is 0 Å². The Kier molecular flexibility index (Phi) is 6.70. The molecular weight excluding hydrogens is 160 g/mol. The van der Waals surface area contributed by atoms with E-state index in [1.807, 2.05) is 0 Å². The molecule has 0 saturated carbocycles. The first-order chi connectivity index (χ1) is 5.70. The molecule has 0 amide bonds. The predicted octanol–water partition coefficient (Wildman–Crippen LogP) is 0.337. The molecule has 0 aliphatic carbocycles. The fraction of sp³-hybridized carbons (Fsp3) is 0.875. The minimum absolute atomic E-state index is 0.0121. The van der Waals surface area contributed by atoms with Crippen LogP contribution in [-0.4, -0.2) is 37.5 Å². The van der Waals surface area contributed by atoms with Gasteiger partial charge in [-0.1, -0.05) is 0 Å². The molecule has 0 rings (SSSR count). The lowest BCUT2D eigenvalue weighted by molar-refractivity contribution is -0.141. The number of carbonyl (C=O) groups is 1. The second kappa shape index (κ2) is 7.06. The molecule has 12 heavy (non-hydrogen) atoms. The first-order valence-electron chi connectivity index (χ1n) is 4.00. The molecule has 1 unspecified atom stereocenters. The van der Waals surface area contributed by atoms with Gasteiger partial charge in [0.25, 0.3) is 0 Å². The van der Waals surface area contributed by atoms with Crippen LogP contribution in [0.3, 0.4) is 0 Å². The van der Waals surface area contributed by atoms with Crippen LogP contribution in [0.2, 0.25) is 0 Å². The molecule has 0 aliphatic rings. The predicted molar refractivity (Wildman–Crippen MR) is 43.7 cm³/mol. The highest BCUT2D eigenvalue weighted by Gasteiger charge is 2.01. The Balaban J connectivity index is 3.15. The molecule has 0 radical (unpaired) electrons. The standard InChI is InChI=1S/C8H16O4/c1-7(6-9)12-5-3-4-8(10)11-2/h7,9H,3-6H2,1-2H3. The number of ether oxygens (including phenoxy) is 2. The number of aliphatic hydroxyl groups excluding tert-OH is 1. The lowest BCUT2D eigenvalue weighted by Crippen LogP contribution is -2.14. The summed E-state index contributed by atoms with van der Waals surface area (Å²) in [6.07, 6.45) is 0.855. The highest BCUT2D eigenvalue weighted by Crippen LogP contribution is 1.95. The number of rotatable bonds is 6. The van der Waals surface area contributed by atoms with Crippen LogP contribution < -0.4 is 0 Å². The van der Waals surface area contributed by atoms with Crippen molar-refractivity contribution in [2.75, 3.05) is 20.3 Å². The third-order valence-electron chi connectivity index (χ3n) is 1.41. The molecule has 4 heteroatoms. The number of methoxy groups -OCH3 is 1. The van der Waals surface area contributed by atoms with Gasteiger partial charge >= 0.3 is 5.97 Å². The number of esters is 1. The van der Waals surface area contributed by atoms with Crippen molar-refractivity contribution in [3.8, 4) is 0 Å². The van der Waals surface area contributed by atoms with Crippen molar-refractivity contribution < 1.29 is 19.4 Å². The maximum Gasteiger partial charge on any atom is 0.305 e. The lowest BCUT2D eigenvalue weighted by atomic mass is 10.3. The van der Waals surface area contributed by atoms with Crippen molar-refractivity contribution in [1.82, 2.24) is 0 Å². The Morgan fingerprint density at radius 3 is 2.75 bits per heavy atom. The Labute approximate surface area is 72.5 Å². The maximum absolute atomic E-state index is 10.6. The summed E-state index contributed by atoms with van der Waals surface area (Å²) in [4.78, 5) is 10.6. The van der Waals surface area contributed by atoms with Crippen molar-refractivity contribution in [2.24, 2.45) is 0 Å². The zero-order valence-corrected chi connectivity index (χ0v) is 7.58. The Hall–Kier alpha value is -0.610. The van der Waals surface area contributed by atoms with Gasteiger partial charge < -0.3 is 14.6 Å². The molecule has 0 aromatic heterocycles. The van der Waals surface area contributed by atoms with E-state index >= 15 is 0 Å². The van der Waals surface area contributed by atoms with Gasteiger partial charge in [-0.2, -0.15) is 0 Å². The summed E-state index contributed by atoms with van der Waals surface area (Å²) in [5.41, 5.74) is 0. The van der Waals surface area contributed by atoms with Crippen molar-refractivity contribution in [3.05, 3.63) is 0 Å². The van der Waals surface area contributed by atoms with Crippen LogP contribution in [0, 0.1) is 0 Å². The van der Waals surface area contributed by atoms with Crippen LogP contribution in [0.1, 0.15) is 19.8 Å². The summed E-state index contributed by atoms with van der Waals surface area (Å²) in [6.45, 7) is 2.27. The van der Waals surface area contributed by atoms with Crippen LogP contribution in [0.15, 0.2) is 0 Å². The summed E-state index contributed by atoms with van der Waals surface area (Å²) in [5, 5.41) is 8.57. The minimum atomic E-state index is -0.227. The molecular formula is C8H16O4. The van der Waals surface area contributed by atoms with Gasteiger partial charge in [0, 0.05) is 13.0 Å². The SMILES string of the molecule is COC(=O)CCCOC(C)CO. The minimum Gasteiger partial charge on any atom is -0.469 e. The van der Waals surface area contributed by atoms with Crippen LogP contribution >= 0.6 is 0 Å². The fourth-order valence-corrected chi connectivity index (χ4v) is 0.656. The Morgan fingerprint density at radius 2 is 2.25 bits per heavy atom. The fourth-order valence-electron chi connectivity index (χ4n) is 0.656. The first kappa shape index (κ1) is 11.4. The summed E-state index contributed by atoms with van der Waals surface area (Å²) in [5.74, 6) is -0.227. The molecule has 0 aliphatic heterocycles. The van der Waals surface area contributed by atoms with Gasteiger partial charge in [0.05, 0.1) is 19.8 Å². The highest BCUT2D eigenvalue weighted by atomic mass is 16.5. The first-order valence-corrected chi connectivity index (χ1v) is 4.00. The van der Waals surface area contributed by atoms with E-state index in [1.165, 1.54) is 7.11 Å². The monoisotopic (exact) mass is 176 g/mol. The van der Waals surface area contributed by atoms with E-state index in [2.05, 4.69) is 4.74 Å². The number of hydrogen-bond donors (Lipinski definition) is 1. The van der Waals surface area contributed by atoms with E-state index in [0.717, 1.165) is 0 Å². The molecule has 0 aromatic carbocycles. The molecule has 1 atom stereocenters. The second-order valence-electron chi connectivity index (χ2n) is 2.54. The molecule has 0 saturated heterocycles. The maximum atomic E-state index is 10.6. The zero-order valence-electron chi connectivity index (χ0n) is 7.58. The third-order valence-corrected chi connectivity index (χ3v) is 1.41. The van der Waals surface area contributed by atoms with Gasteiger partial charge in [0.15, 0.2) is 0 Å². The number of carbonyl (C=O) groups excluding carboxylic acids is 1. The van der Waals surface area contributed by atoms with Crippen molar-refractivity contribution in [3.63, 3.8) is 0 Å². The Bertz CT molecular complexity index is 124. The van der Waals surface area contributed by atoms with Crippen LogP contribution in [-0.2, 0) is 14.3 Å². The normalized spacial score (nSPS) is 12.6. The molecule has 4 nitrogen and oxygen atoms in total. The quantitative estimate of drug-likeness (QED) is 0.468. The molecule has 72 valence electrons. The highest BCUT2D eigenvalue weighted by molar-refractivity contribution is 5.68. The van der Waals surface area contributed by atoms with E-state index < -0.39 is 0 Å². The summed E-state index contributed by atoms with van der Waals surface area (Å²) in [7, 11) is 1.36. The molecule has 1 N–H and O–H groups in total. The molecule has 0 heterocycles. The topological polar surface area (TPSA) is 55.8 Å². The van der Waals surface area contributed by atoms with Crippen molar-refractivity contribution >= 4 is 5.97 Å². The van der Waals surface area contributed by atoms with E-state index in [0.29, 0.717) is 19.4 Å². The average molecular weight is 176 g/mol. The van der Waals surface area contributed by atoms with Gasteiger partial charge in [0.1, 0.15) is 0 Å². The molecule has 0 fully saturated rings. The van der Waals surface area contributed by atoms with E-state index in [1.54, 1.807) is 6.92 Å². The van der Waals surface area contributed by atoms with Gasteiger partial charge in [0.2, 0.25) is 0 Å². The summed E-state index contributed by atoms with van der Waals surface area (Å²) >= 11 is 0. The van der Waals surface area contributed by atoms with Gasteiger partial charge in [-0.3, -0.25) is 4.79 Å². The summed E-state index contributed by atoms with van der Waals surface area (Å²) < 4.78 is 9.57. The molecule has 0 aromatic rings. The molecule has 0 spiro atoms. The van der Waals surface area contributed by atoms with Crippen LogP contribution in [0.25, 0.3) is 0 Å². The second-order valence-corrected chi connectivity index (χ2v) is 2.54. The molecule has 0 bridgehead atoms. The average Bonchev–Trinajstić information content (AvgIpc) is 2.11. The Morgan fingerprint density at radius 1 is 1.58 bits per heavy atom. The van der Waals surface area contributed by atoms with Crippen LogP contribution in [0.5, 0.6) is 0 Å².